The number of aromatic nitrogens is 4. The molecule has 0 aliphatic heterocycles. The number of nitrogens with one attached hydrogen (secondary N) is 2. The first kappa shape index (κ1) is 12.4. The Balaban J connectivity index is 2.21. The average molecular weight is 269 g/mol. The molecule has 0 radical (unpaired) electrons. The van der Waals surface area contributed by atoms with Crippen molar-refractivity contribution in [3.63, 3.8) is 0 Å². The van der Waals surface area contributed by atoms with E-state index in [0.29, 0.717) is 11.6 Å². The lowest BCUT2D eigenvalue weighted by Gasteiger charge is -2.11. The summed E-state index contributed by atoms with van der Waals surface area (Å²) in [5, 5.41) is 9.71. The molecule has 0 bridgehead atoms. The predicted molar refractivity (Wildman–Crippen MR) is 77.4 cm³/mol. The summed E-state index contributed by atoms with van der Waals surface area (Å²) in [4.78, 5) is 16.4. The Labute approximate surface area is 115 Å². The standard InChI is InChI=1S/C14H15N5O/c1-3-11-9(2)12-17-18-14(20)19(12)13(16-11)15-10-7-5-4-6-8-10/h4-8H,3H2,1-2H3,(H,15,16)(H,18,20). The average Bonchev–Trinajstić information content (AvgIpc) is 2.86. The zero-order chi connectivity index (χ0) is 14.1. The highest BCUT2D eigenvalue weighted by Gasteiger charge is 2.13. The Hall–Kier alpha value is -2.63. The van der Waals surface area contributed by atoms with Crippen molar-refractivity contribution >= 4 is 17.3 Å². The number of H-pyrrole nitrogens is 1. The minimum Gasteiger partial charge on any atom is -0.325 e. The zero-order valence-corrected chi connectivity index (χ0v) is 11.3. The van der Waals surface area contributed by atoms with Crippen LogP contribution in [0.3, 0.4) is 0 Å². The van der Waals surface area contributed by atoms with E-state index in [0.717, 1.165) is 23.4 Å². The van der Waals surface area contributed by atoms with Crippen LogP contribution in [-0.4, -0.2) is 19.6 Å². The van der Waals surface area contributed by atoms with Gasteiger partial charge >= 0.3 is 5.69 Å². The fourth-order valence-electron chi connectivity index (χ4n) is 2.21. The van der Waals surface area contributed by atoms with E-state index in [1.165, 1.54) is 4.40 Å². The molecule has 2 heterocycles. The third-order valence-corrected chi connectivity index (χ3v) is 3.26. The Bertz CT molecular complexity index is 804. The summed E-state index contributed by atoms with van der Waals surface area (Å²) in [6, 6.07) is 9.62. The fourth-order valence-corrected chi connectivity index (χ4v) is 2.21. The minimum absolute atomic E-state index is 0.295. The van der Waals surface area contributed by atoms with Gasteiger partial charge < -0.3 is 5.32 Å². The van der Waals surface area contributed by atoms with Crippen LogP contribution in [0.15, 0.2) is 35.1 Å². The van der Waals surface area contributed by atoms with Crippen LogP contribution in [0.25, 0.3) is 5.65 Å². The van der Waals surface area contributed by atoms with Crippen LogP contribution >= 0.6 is 0 Å². The maximum Gasteiger partial charge on any atom is 0.350 e. The third kappa shape index (κ3) is 1.95. The smallest absolute Gasteiger partial charge is 0.325 e. The van der Waals surface area contributed by atoms with Gasteiger partial charge in [-0.05, 0) is 25.5 Å². The first-order valence-corrected chi connectivity index (χ1v) is 6.49. The van der Waals surface area contributed by atoms with Crippen molar-refractivity contribution in [1.29, 1.82) is 0 Å². The highest BCUT2D eigenvalue weighted by Crippen LogP contribution is 2.18. The van der Waals surface area contributed by atoms with Crippen molar-refractivity contribution in [2.45, 2.75) is 20.3 Å². The highest BCUT2D eigenvalue weighted by molar-refractivity contribution is 5.59. The number of fused-ring (bicyclic) bond motifs is 1. The summed E-state index contributed by atoms with van der Waals surface area (Å²) in [5.41, 5.74) is 3.04. The van der Waals surface area contributed by atoms with E-state index in [1.54, 1.807) is 0 Å². The van der Waals surface area contributed by atoms with Gasteiger partial charge in [-0.25, -0.2) is 19.3 Å². The number of hydrogen-bond acceptors (Lipinski definition) is 4. The molecule has 2 N–H and O–H groups in total. The van der Waals surface area contributed by atoms with Gasteiger partial charge in [0.1, 0.15) is 0 Å². The molecule has 0 aliphatic carbocycles. The molecule has 0 unspecified atom stereocenters. The molecule has 0 spiro atoms. The lowest BCUT2D eigenvalue weighted by molar-refractivity contribution is 0.944. The Morgan fingerprint density at radius 1 is 1.30 bits per heavy atom. The number of anilines is 2. The van der Waals surface area contributed by atoms with E-state index in [1.807, 2.05) is 44.2 Å². The van der Waals surface area contributed by atoms with Gasteiger partial charge in [0.05, 0.1) is 5.69 Å². The monoisotopic (exact) mass is 269 g/mol. The number of nitrogens with zero attached hydrogens (tertiary/aromatic N) is 3. The number of rotatable bonds is 3. The Morgan fingerprint density at radius 2 is 2.05 bits per heavy atom. The van der Waals surface area contributed by atoms with Gasteiger partial charge in [-0.15, -0.1) is 0 Å². The molecule has 0 atom stereocenters. The largest absolute Gasteiger partial charge is 0.350 e. The van der Waals surface area contributed by atoms with Crippen LogP contribution in [0.4, 0.5) is 11.6 Å². The van der Waals surface area contributed by atoms with Crippen molar-refractivity contribution in [3.05, 3.63) is 52.1 Å². The molecule has 6 nitrogen and oxygen atoms in total. The van der Waals surface area contributed by atoms with E-state index >= 15 is 0 Å². The summed E-state index contributed by atoms with van der Waals surface area (Å²) in [7, 11) is 0. The second kappa shape index (κ2) is 4.80. The Morgan fingerprint density at radius 3 is 2.75 bits per heavy atom. The summed E-state index contributed by atoms with van der Waals surface area (Å²) >= 11 is 0. The predicted octanol–water partition coefficient (Wildman–Crippen LogP) is 2.03. The van der Waals surface area contributed by atoms with Crippen LogP contribution in [0.5, 0.6) is 0 Å². The van der Waals surface area contributed by atoms with Crippen molar-refractivity contribution in [1.82, 2.24) is 19.6 Å². The van der Waals surface area contributed by atoms with Crippen molar-refractivity contribution in [2.75, 3.05) is 5.32 Å². The third-order valence-electron chi connectivity index (χ3n) is 3.26. The summed E-state index contributed by atoms with van der Waals surface area (Å²) in [6.07, 6.45) is 0.785. The number of aryl methyl sites for hydroxylation is 2. The Kier molecular flexibility index (Phi) is 2.98. The SMILES string of the molecule is CCc1nc(Nc2ccccc2)n2c(=O)[nH]nc2c1C. The van der Waals surface area contributed by atoms with E-state index < -0.39 is 0 Å². The van der Waals surface area contributed by atoms with Crippen LogP contribution in [0.2, 0.25) is 0 Å². The molecule has 102 valence electrons. The van der Waals surface area contributed by atoms with Gasteiger partial charge in [-0.3, -0.25) is 0 Å². The van der Waals surface area contributed by atoms with Crippen LogP contribution in [0, 0.1) is 6.92 Å². The summed E-state index contributed by atoms with van der Waals surface area (Å²) < 4.78 is 1.46. The molecule has 0 fully saturated rings. The summed E-state index contributed by atoms with van der Waals surface area (Å²) in [5.74, 6) is 0.479. The molecule has 20 heavy (non-hydrogen) atoms. The van der Waals surface area contributed by atoms with Crippen molar-refractivity contribution < 1.29 is 0 Å². The second-order valence-electron chi connectivity index (χ2n) is 4.54. The minimum atomic E-state index is -0.295. The normalized spacial score (nSPS) is 10.9. The quantitative estimate of drug-likeness (QED) is 0.763. The van der Waals surface area contributed by atoms with Crippen LogP contribution in [-0.2, 0) is 6.42 Å². The number of benzene rings is 1. The van der Waals surface area contributed by atoms with Gasteiger partial charge in [0.2, 0.25) is 5.95 Å². The number of aromatic amines is 1. The van der Waals surface area contributed by atoms with Gasteiger partial charge in [-0.2, -0.15) is 5.10 Å². The maximum absolute atomic E-state index is 11.9. The molecule has 0 amide bonds. The molecule has 3 aromatic rings. The molecule has 0 aliphatic rings. The molecule has 3 rings (SSSR count). The number of hydrogen-bond donors (Lipinski definition) is 2. The molecular formula is C14H15N5O. The van der Waals surface area contributed by atoms with Crippen LogP contribution in [0.1, 0.15) is 18.2 Å². The second-order valence-corrected chi connectivity index (χ2v) is 4.54. The van der Waals surface area contributed by atoms with E-state index in [2.05, 4.69) is 20.5 Å². The molecule has 2 aromatic heterocycles. The van der Waals surface area contributed by atoms with Gasteiger partial charge in [0, 0.05) is 11.3 Å². The zero-order valence-electron chi connectivity index (χ0n) is 11.3. The van der Waals surface area contributed by atoms with E-state index in [4.69, 9.17) is 0 Å². The number of para-hydroxylation sites is 1. The molecule has 0 saturated heterocycles. The van der Waals surface area contributed by atoms with Gasteiger partial charge in [0.25, 0.3) is 0 Å². The summed E-state index contributed by atoms with van der Waals surface area (Å²) in [6.45, 7) is 3.95. The van der Waals surface area contributed by atoms with Gasteiger partial charge in [0.15, 0.2) is 5.65 Å². The fraction of sp³-hybridized carbons (Fsp3) is 0.214. The first-order chi connectivity index (χ1) is 9.70. The van der Waals surface area contributed by atoms with Crippen LogP contribution < -0.4 is 11.0 Å². The van der Waals surface area contributed by atoms with E-state index in [-0.39, 0.29) is 5.69 Å². The van der Waals surface area contributed by atoms with Crippen molar-refractivity contribution in [3.8, 4) is 0 Å². The maximum atomic E-state index is 11.9. The molecule has 6 heteroatoms. The molecule has 1 aromatic carbocycles. The molecular weight excluding hydrogens is 254 g/mol. The first-order valence-electron chi connectivity index (χ1n) is 6.49. The lowest BCUT2D eigenvalue weighted by Crippen LogP contribution is -2.16. The topological polar surface area (TPSA) is 75.1 Å². The van der Waals surface area contributed by atoms with E-state index in [9.17, 15) is 4.79 Å². The lowest BCUT2D eigenvalue weighted by atomic mass is 10.2. The molecule has 0 saturated carbocycles. The van der Waals surface area contributed by atoms with Gasteiger partial charge in [-0.1, -0.05) is 25.1 Å². The highest BCUT2D eigenvalue weighted by atomic mass is 16.1. The van der Waals surface area contributed by atoms with Crippen molar-refractivity contribution in [2.24, 2.45) is 0 Å².